The monoisotopic (exact) mass is 339 g/mol. The van der Waals surface area contributed by atoms with Gasteiger partial charge in [0.1, 0.15) is 5.82 Å². The van der Waals surface area contributed by atoms with E-state index in [0.717, 1.165) is 4.47 Å². The summed E-state index contributed by atoms with van der Waals surface area (Å²) in [6.07, 6.45) is 0. The predicted molar refractivity (Wildman–Crippen MR) is 80.5 cm³/mol. The summed E-state index contributed by atoms with van der Waals surface area (Å²) in [7, 11) is 0. The van der Waals surface area contributed by atoms with E-state index in [1.807, 2.05) is 0 Å². The fourth-order valence-electron chi connectivity index (χ4n) is 1.63. The number of rotatable bonds is 2. The molecule has 0 aliphatic carbocycles. The number of thiol groups is 1. The fourth-order valence-corrected chi connectivity index (χ4v) is 2.48. The Morgan fingerprint density at radius 3 is 2.74 bits per heavy atom. The first-order chi connectivity index (χ1) is 8.99. The molecule has 0 aromatic heterocycles. The van der Waals surface area contributed by atoms with Gasteiger partial charge in [0, 0.05) is 20.6 Å². The normalized spacial score (nSPS) is 10.3. The molecule has 0 radical (unpaired) electrons. The largest absolute Gasteiger partial charge is 0.322 e. The first kappa shape index (κ1) is 14.1. The van der Waals surface area contributed by atoms with Gasteiger partial charge in [-0.1, -0.05) is 22.0 Å². The van der Waals surface area contributed by atoms with E-state index < -0.39 is 0 Å². The zero-order chi connectivity index (χ0) is 14.0. The van der Waals surface area contributed by atoms with Crippen LogP contribution in [0.4, 0.5) is 10.1 Å². The highest BCUT2D eigenvalue weighted by Gasteiger charge is 2.12. The maximum absolute atomic E-state index is 13.4. The number of carbonyl (C=O) groups is 1. The average molecular weight is 340 g/mol. The molecular formula is C14H11BrFNOS. The van der Waals surface area contributed by atoms with Crippen molar-refractivity contribution in [1.29, 1.82) is 0 Å². The van der Waals surface area contributed by atoms with Crippen LogP contribution in [0.2, 0.25) is 0 Å². The van der Waals surface area contributed by atoms with Gasteiger partial charge >= 0.3 is 0 Å². The van der Waals surface area contributed by atoms with E-state index in [1.54, 1.807) is 37.3 Å². The van der Waals surface area contributed by atoms with E-state index in [4.69, 9.17) is 0 Å². The lowest BCUT2D eigenvalue weighted by atomic mass is 10.1. The number of benzene rings is 2. The Morgan fingerprint density at radius 1 is 1.32 bits per heavy atom. The van der Waals surface area contributed by atoms with Crippen LogP contribution >= 0.6 is 28.6 Å². The summed E-state index contributed by atoms with van der Waals surface area (Å²) in [5.74, 6) is -0.661. The van der Waals surface area contributed by atoms with Gasteiger partial charge in [-0.3, -0.25) is 4.79 Å². The smallest absolute Gasteiger partial charge is 0.256 e. The fraction of sp³-hybridized carbons (Fsp3) is 0.0714. The van der Waals surface area contributed by atoms with E-state index in [2.05, 4.69) is 33.9 Å². The number of anilines is 1. The molecular weight excluding hydrogens is 329 g/mol. The van der Waals surface area contributed by atoms with Crippen molar-refractivity contribution in [2.45, 2.75) is 11.8 Å². The molecule has 0 unspecified atom stereocenters. The molecule has 0 aliphatic rings. The van der Waals surface area contributed by atoms with Gasteiger partial charge in [0.2, 0.25) is 0 Å². The maximum Gasteiger partial charge on any atom is 0.256 e. The van der Waals surface area contributed by atoms with E-state index in [0.29, 0.717) is 21.7 Å². The molecule has 0 aliphatic heterocycles. The standard InChI is InChI=1S/C14H11BrFNOS/c1-8-11(16)3-2-4-12(8)17-14(18)10-6-5-9(15)7-13(10)19/h2-7,19H,1H3,(H,17,18). The average Bonchev–Trinajstić information content (AvgIpc) is 2.34. The van der Waals surface area contributed by atoms with Crippen LogP contribution in [-0.4, -0.2) is 5.91 Å². The second-order valence-corrected chi connectivity index (χ2v) is 5.43. The molecule has 5 heteroatoms. The number of amides is 1. The minimum atomic E-state index is -0.347. The second kappa shape index (κ2) is 5.75. The van der Waals surface area contributed by atoms with E-state index in [9.17, 15) is 9.18 Å². The lowest BCUT2D eigenvalue weighted by Gasteiger charge is -2.10. The van der Waals surface area contributed by atoms with Crippen LogP contribution in [0.1, 0.15) is 15.9 Å². The Morgan fingerprint density at radius 2 is 2.05 bits per heavy atom. The predicted octanol–water partition coefficient (Wildman–Crippen LogP) is 4.44. The van der Waals surface area contributed by atoms with Gasteiger partial charge in [-0.15, -0.1) is 12.6 Å². The molecule has 2 aromatic rings. The van der Waals surface area contributed by atoms with E-state index in [1.165, 1.54) is 6.07 Å². The lowest BCUT2D eigenvalue weighted by Crippen LogP contribution is -2.13. The van der Waals surface area contributed by atoms with Crippen LogP contribution in [-0.2, 0) is 0 Å². The SMILES string of the molecule is Cc1c(F)cccc1NC(=O)c1ccc(Br)cc1S. The van der Waals surface area contributed by atoms with Gasteiger partial charge in [0.05, 0.1) is 5.56 Å². The van der Waals surface area contributed by atoms with Crippen molar-refractivity contribution in [3.63, 3.8) is 0 Å². The second-order valence-electron chi connectivity index (χ2n) is 4.03. The van der Waals surface area contributed by atoms with Gasteiger partial charge in [-0.05, 0) is 37.3 Å². The van der Waals surface area contributed by atoms with Crippen molar-refractivity contribution in [1.82, 2.24) is 0 Å². The molecule has 0 heterocycles. The van der Waals surface area contributed by atoms with Crippen molar-refractivity contribution < 1.29 is 9.18 Å². The maximum atomic E-state index is 13.4. The van der Waals surface area contributed by atoms with E-state index in [-0.39, 0.29) is 11.7 Å². The third kappa shape index (κ3) is 3.16. The molecule has 0 saturated carbocycles. The first-order valence-electron chi connectivity index (χ1n) is 5.54. The highest BCUT2D eigenvalue weighted by atomic mass is 79.9. The van der Waals surface area contributed by atoms with Crippen molar-refractivity contribution in [3.8, 4) is 0 Å². The van der Waals surface area contributed by atoms with Crippen molar-refractivity contribution in [2.75, 3.05) is 5.32 Å². The topological polar surface area (TPSA) is 29.1 Å². The minimum Gasteiger partial charge on any atom is -0.322 e. The van der Waals surface area contributed by atoms with Crippen LogP contribution in [0.5, 0.6) is 0 Å². The minimum absolute atomic E-state index is 0.314. The highest BCUT2D eigenvalue weighted by molar-refractivity contribution is 9.10. The zero-order valence-corrected chi connectivity index (χ0v) is 12.6. The molecule has 2 nitrogen and oxygen atoms in total. The molecule has 0 fully saturated rings. The van der Waals surface area contributed by atoms with Crippen LogP contribution < -0.4 is 5.32 Å². The summed E-state index contributed by atoms with van der Waals surface area (Å²) in [6.45, 7) is 1.62. The number of nitrogens with one attached hydrogen (secondary N) is 1. The third-order valence-corrected chi connectivity index (χ3v) is 3.58. The van der Waals surface area contributed by atoms with Crippen molar-refractivity contribution >= 4 is 40.2 Å². The Kier molecular flexibility index (Phi) is 4.27. The molecule has 2 aromatic carbocycles. The molecule has 19 heavy (non-hydrogen) atoms. The Hall–Kier alpha value is -1.33. The van der Waals surface area contributed by atoms with E-state index >= 15 is 0 Å². The van der Waals surface area contributed by atoms with Crippen LogP contribution in [0.15, 0.2) is 45.8 Å². The van der Waals surface area contributed by atoms with Gasteiger partial charge in [0.25, 0.3) is 5.91 Å². The summed E-state index contributed by atoms with van der Waals surface area (Å²) in [4.78, 5) is 12.7. The Balaban J connectivity index is 2.28. The molecule has 0 bridgehead atoms. The molecule has 2 rings (SSSR count). The summed E-state index contributed by atoms with van der Waals surface area (Å²) in [5.41, 5.74) is 1.31. The number of carbonyl (C=O) groups excluding carboxylic acids is 1. The third-order valence-electron chi connectivity index (χ3n) is 2.72. The molecule has 98 valence electrons. The number of hydrogen-bond donors (Lipinski definition) is 2. The van der Waals surface area contributed by atoms with Gasteiger partial charge in [0.15, 0.2) is 0 Å². The van der Waals surface area contributed by atoms with Crippen LogP contribution in [0.25, 0.3) is 0 Å². The van der Waals surface area contributed by atoms with Gasteiger partial charge in [-0.2, -0.15) is 0 Å². The molecule has 0 saturated heterocycles. The summed E-state index contributed by atoms with van der Waals surface area (Å²) in [6, 6.07) is 9.73. The molecule has 1 amide bonds. The van der Waals surface area contributed by atoms with Gasteiger partial charge in [-0.25, -0.2) is 4.39 Å². The number of halogens is 2. The molecule has 1 N–H and O–H groups in total. The summed E-state index contributed by atoms with van der Waals surface area (Å²) >= 11 is 7.56. The first-order valence-corrected chi connectivity index (χ1v) is 6.78. The molecule has 0 atom stereocenters. The van der Waals surface area contributed by atoms with Crippen LogP contribution in [0, 0.1) is 12.7 Å². The summed E-state index contributed by atoms with van der Waals surface area (Å²) < 4.78 is 14.2. The lowest BCUT2D eigenvalue weighted by molar-refractivity contribution is 0.102. The number of hydrogen-bond acceptors (Lipinski definition) is 2. The van der Waals surface area contributed by atoms with Gasteiger partial charge < -0.3 is 5.32 Å². The molecule has 0 spiro atoms. The Labute approximate surface area is 124 Å². The van der Waals surface area contributed by atoms with Crippen molar-refractivity contribution in [3.05, 3.63) is 57.8 Å². The summed E-state index contributed by atoms with van der Waals surface area (Å²) in [5, 5.41) is 2.68. The van der Waals surface area contributed by atoms with Crippen LogP contribution in [0.3, 0.4) is 0 Å². The van der Waals surface area contributed by atoms with Crippen molar-refractivity contribution in [2.24, 2.45) is 0 Å². The highest BCUT2D eigenvalue weighted by Crippen LogP contribution is 2.22. The Bertz CT molecular complexity index is 645. The quantitative estimate of drug-likeness (QED) is 0.778. The zero-order valence-electron chi connectivity index (χ0n) is 10.1.